The third kappa shape index (κ3) is 4.72. The molecule has 0 fully saturated rings. The van der Waals surface area contributed by atoms with Crippen LogP contribution in [0.1, 0.15) is 34.6 Å². The first-order valence-electron chi connectivity index (χ1n) is 5.05. The highest BCUT2D eigenvalue weighted by Gasteiger charge is 2.12. The highest BCUT2D eigenvalue weighted by Crippen LogP contribution is 2.14. The Bertz CT molecular complexity index is 367. The number of halogens is 1. The predicted molar refractivity (Wildman–Crippen MR) is 73.2 cm³/mol. The Kier molecular flexibility index (Phi) is 7.53. The molecule has 94 valence electrons. The lowest BCUT2D eigenvalue weighted by atomic mass is 10.1. The number of carbonyl (C=O) groups excluding carboxylic acids is 2. The molecule has 0 amide bonds. The Morgan fingerprint density at radius 2 is 1.29 bits per heavy atom. The summed E-state index contributed by atoms with van der Waals surface area (Å²) in [6.07, 6.45) is 0. The minimum atomic E-state index is -0.473. The number of benzene rings is 1. The van der Waals surface area contributed by atoms with Crippen molar-refractivity contribution in [2.24, 2.45) is 0 Å². The zero-order chi connectivity index (χ0) is 13.4. The van der Waals surface area contributed by atoms with Crippen LogP contribution >= 0.6 is 22.6 Å². The number of hydrogen-bond donors (Lipinski definition) is 0. The molecule has 0 heterocycles. The number of ether oxygens (including phenoxy) is 2. The maximum atomic E-state index is 11.3. The lowest BCUT2D eigenvalue weighted by Crippen LogP contribution is -2.07. The first-order valence-corrected chi connectivity index (χ1v) is 6.13. The van der Waals surface area contributed by atoms with E-state index in [4.69, 9.17) is 0 Å². The van der Waals surface area contributed by atoms with Gasteiger partial charge in [0.1, 0.15) is 0 Å². The second-order valence-electron chi connectivity index (χ2n) is 2.71. The summed E-state index contributed by atoms with van der Waals surface area (Å²) in [6.45, 7) is 4.00. The van der Waals surface area contributed by atoms with E-state index < -0.39 is 11.9 Å². The molecule has 0 saturated carbocycles. The first kappa shape index (κ1) is 15.9. The Hall–Kier alpha value is -1.11. The molecule has 4 nitrogen and oxygen atoms in total. The summed E-state index contributed by atoms with van der Waals surface area (Å²) >= 11 is 2.01. The third-order valence-corrected chi connectivity index (χ3v) is 2.36. The fourth-order valence-electron chi connectivity index (χ4n) is 1.06. The van der Waals surface area contributed by atoms with E-state index in [-0.39, 0.29) is 0 Å². The zero-order valence-corrected chi connectivity index (χ0v) is 12.4. The molecule has 1 aromatic rings. The minimum Gasteiger partial charge on any atom is -0.465 e. The molecule has 0 N–H and O–H groups in total. The lowest BCUT2D eigenvalue weighted by Gasteiger charge is -2.03. The molecule has 0 saturated heterocycles. The largest absolute Gasteiger partial charge is 0.465 e. The van der Waals surface area contributed by atoms with Gasteiger partial charge in [0.25, 0.3) is 0 Å². The molecule has 5 heteroatoms. The van der Waals surface area contributed by atoms with E-state index in [0.29, 0.717) is 11.1 Å². The SMILES string of the molecule is CC.COC(=O)c1cc(I)cc(C(=O)OC)c1. The van der Waals surface area contributed by atoms with Gasteiger partial charge in [-0.3, -0.25) is 0 Å². The molecule has 0 bridgehead atoms. The van der Waals surface area contributed by atoms with Crippen molar-refractivity contribution in [2.45, 2.75) is 13.8 Å². The number of esters is 2. The Morgan fingerprint density at radius 3 is 1.59 bits per heavy atom. The number of rotatable bonds is 2. The van der Waals surface area contributed by atoms with Crippen molar-refractivity contribution < 1.29 is 19.1 Å². The Labute approximate surface area is 114 Å². The van der Waals surface area contributed by atoms with Crippen molar-refractivity contribution in [3.8, 4) is 0 Å². The van der Waals surface area contributed by atoms with E-state index in [1.54, 1.807) is 12.1 Å². The molecule has 0 aromatic heterocycles. The quantitative estimate of drug-likeness (QED) is 0.608. The number of hydrogen-bond acceptors (Lipinski definition) is 4. The van der Waals surface area contributed by atoms with Crippen molar-refractivity contribution in [3.63, 3.8) is 0 Å². The Morgan fingerprint density at radius 1 is 0.941 bits per heavy atom. The lowest BCUT2D eigenvalue weighted by molar-refractivity contribution is 0.0599. The highest BCUT2D eigenvalue weighted by molar-refractivity contribution is 14.1. The molecule has 0 aliphatic carbocycles. The van der Waals surface area contributed by atoms with Crippen LogP contribution in [0.2, 0.25) is 0 Å². The maximum Gasteiger partial charge on any atom is 0.337 e. The molecule has 0 spiro atoms. The van der Waals surface area contributed by atoms with E-state index in [2.05, 4.69) is 9.47 Å². The summed E-state index contributed by atoms with van der Waals surface area (Å²) in [5.41, 5.74) is 0.676. The maximum absolute atomic E-state index is 11.3. The van der Waals surface area contributed by atoms with E-state index in [1.807, 2.05) is 36.4 Å². The van der Waals surface area contributed by atoms with Crippen LogP contribution in [0, 0.1) is 3.57 Å². The number of carbonyl (C=O) groups is 2. The highest BCUT2D eigenvalue weighted by atomic mass is 127. The molecular weight excluding hydrogens is 335 g/mol. The van der Waals surface area contributed by atoms with E-state index in [9.17, 15) is 9.59 Å². The van der Waals surface area contributed by atoms with Gasteiger partial charge in [-0.2, -0.15) is 0 Å². The molecular formula is C12H15IO4. The third-order valence-electron chi connectivity index (χ3n) is 1.74. The fraction of sp³-hybridized carbons (Fsp3) is 0.333. The van der Waals surface area contributed by atoms with Gasteiger partial charge < -0.3 is 9.47 Å². The molecule has 0 unspecified atom stereocenters. The van der Waals surface area contributed by atoms with Crippen LogP contribution in [0.25, 0.3) is 0 Å². The van der Waals surface area contributed by atoms with E-state index in [1.165, 1.54) is 20.3 Å². The topological polar surface area (TPSA) is 52.6 Å². The van der Waals surface area contributed by atoms with Crippen molar-refractivity contribution in [3.05, 3.63) is 32.9 Å². The molecule has 1 aromatic carbocycles. The summed E-state index contributed by atoms with van der Waals surface area (Å²) in [5, 5.41) is 0. The van der Waals surface area contributed by atoms with Crippen LogP contribution in [0.5, 0.6) is 0 Å². The summed E-state index contributed by atoms with van der Waals surface area (Å²) in [6, 6.07) is 4.72. The predicted octanol–water partition coefficient (Wildman–Crippen LogP) is 2.89. The Balaban J connectivity index is 0.00000121. The van der Waals surface area contributed by atoms with Crippen LogP contribution in [-0.4, -0.2) is 26.2 Å². The smallest absolute Gasteiger partial charge is 0.337 e. The monoisotopic (exact) mass is 350 g/mol. The summed E-state index contributed by atoms with van der Waals surface area (Å²) in [7, 11) is 2.58. The van der Waals surface area contributed by atoms with Gasteiger partial charge in [0.15, 0.2) is 0 Å². The van der Waals surface area contributed by atoms with Gasteiger partial charge in [-0.05, 0) is 40.8 Å². The van der Waals surface area contributed by atoms with Gasteiger partial charge in [0.05, 0.1) is 25.3 Å². The second-order valence-corrected chi connectivity index (χ2v) is 3.96. The fourth-order valence-corrected chi connectivity index (χ4v) is 1.73. The summed E-state index contributed by atoms with van der Waals surface area (Å²) in [5.74, 6) is -0.947. The standard InChI is InChI=1S/C10H9IO4.C2H6/c1-14-9(12)6-3-7(10(13)15-2)5-8(11)4-6;1-2/h3-5H,1-2H3;1-2H3. The van der Waals surface area contributed by atoms with Crippen LogP contribution < -0.4 is 0 Å². The molecule has 0 aliphatic rings. The second kappa shape index (κ2) is 8.05. The first-order chi connectivity index (χ1) is 8.08. The van der Waals surface area contributed by atoms with Crippen LogP contribution in [0.15, 0.2) is 18.2 Å². The van der Waals surface area contributed by atoms with Gasteiger partial charge in [0.2, 0.25) is 0 Å². The van der Waals surface area contributed by atoms with Crippen molar-refractivity contribution in [1.82, 2.24) is 0 Å². The average molecular weight is 350 g/mol. The molecule has 1 rings (SSSR count). The van der Waals surface area contributed by atoms with Crippen molar-refractivity contribution >= 4 is 34.5 Å². The van der Waals surface area contributed by atoms with E-state index >= 15 is 0 Å². The van der Waals surface area contributed by atoms with Gasteiger partial charge >= 0.3 is 11.9 Å². The molecule has 0 aliphatic heterocycles. The molecule has 0 atom stereocenters. The number of methoxy groups -OCH3 is 2. The summed E-state index contributed by atoms with van der Waals surface area (Å²) < 4.78 is 9.90. The van der Waals surface area contributed by atoms with Crippen molar-refractivity contribution in [1.29, 1.82) is 0 Å². The molecule has 17 heavy (non-hydrogen) atoms. The van der Waals surface area contributed by atoms with Gasteiger partial charge in [-0.25, -0.2) is 9.59 Å². The normalized spacial score (nSPS) is 8.76. The van der Waals surface area contributed by atoms with Gasteiger partial charge in [0, 0.05) is 3.57 Å². The van der Waals surface area contributed by atoms with E-state index in [0.717, 1.165) is 3.57 Å². The average Bonchev–Trinajstić information content (AvgIpc) is 2.38. The zero-order valence-electron chi connectivity index (χ0n) is 10.2. The van der Waals surface area contributed by atoms with Crippen LogP contribution in [-0.2, 0) is 9.47 Å². The van der Waals surface area contributed by atoms with Crippen LogP contribution in [0.4, 0.5) is 0 Å². The van der Waals surface area contributed by atoms with Crippen molar-refractivity contribution in [2.75, 3.05) is 14.2 Å². The van der Waals surface area contributed by atoms with Gasteiger partial charge in [-0.15, -0.1) is 0 Å². The van der Waals surface area contributed by atoms with Gasteiger partial charge in [-0.1, -0.05) is 13.8 Å². The van der Waals surface area contributed by atoms with Crippen LogP contribution in [0.3, 0.4) is 0 Å². The summed E-state index contributed by atoms with van der Waals surface area (Å²) in [4.78, 5) is 22.5. The minimum absolute atomic E-state index is 0.338. The molecule has 0 radical (unpaired) electrons.